The molecule has 0 bridgehead atoms. The summed E-state index contributed by atoms with van der Waals surface area (Å²) in [7, 11) is 0.962. The molecule has 0 spiro atoms. The summed E-state index contributed by atoms with van der Waals surface area (Å²) >= 11 is 0. The van der Waals surface area contributed by atoms with Gasteiger partial charge in [0.1, 0.15) is 11.9 Å². The second-order valence-corrected chi connectivity index (χ2v) is 9.30. The fourth-order valence-electron chi connectivity index (χ4n) is 4.01. The summed E-state index contributed by atoms with van der Waals surface area (Å²) < 4.78 is 20.2. The first-order valence-corrected chi connectivity index (χ1v) is 11.5. The van der Waals surface area contributed by atoms with Gasteiger partial charge in [-0.3, -0.25) is 9.78 Å². The van der Waals surface area contributed by atoms with E-state index in [4.69, 9.17) is 4.74 Å². The molecule has 1 aromatic heterocycles. The van der Waals surface area contributed by atoms with Gasteiger partial charge in [-0.1, -0.05) is 13.0 Å². The van der Waals surface area contributed by atoms with Crippen LogP contribution >= 0.6 is 0 Å². The summed E-state index contributed by atoms with van der Waals surface area (Å²) in [6.07, 6.45) is 6.79. The van der Waals surface area contributed by atoms with Crippen LogP contribution < -0.4 is 9.64 Å². The number of pyridine rings is 1. The van der Waals surface area contributed by atoms with Crippen LogP contribution in [-0.2, 0) is 22.2 Å². The zero-order valence-electron chi connectivity index (χ0n) is 17.0. The summed E-state index contributed by atoms with van der Waals surface area (Å²) in [4.78, 5) is 18.0. The third-order valence-corrected chi connectivity index (χ3v) is 7.14. The fourth-order valence-corrected chi connectivity index (χ4v) is 4.99. The van der Waals surface area contributed by atoms with Crippen molar-refractivity contribution in [3.8, 4) is 16.9 Å². The van der Waals surface area contributed by atoms with Gasteiger partial charge in [-0.25, -0.2) is 8.51 Å². The molecule has 154 valence electrons. The molecule has 1 amide bonds. The molecule has 1 atom stereocenters. The molecule has 4 rings (SSSR count). The number of aromatic nitrogens is 1. The van der Waals surface area contributed by atoms with Crippen molar-refractivity contribution in [3.05, 3.63) is 42.2 Å². The lowest BCUT2D eigenvalue weighted by atomic mass is 9.97. The molecule has 29 heavy (non-hydrogen) atoms. The third-order valence-electron chi connectivity index (χ3n) is 5.71. The van der Waals surface area contributed by atoms with Crippen molar-refractivity contribution in [2.45, 2.75) is 38.7 Å². The van der Waals surface area contributed by atoms with Crippen LogP contribution in [0.4, 0.5) is 5.69 Å². The highest BCUT2D eigenvalue weighted by molar-refractivity contribution is 7.82. The Labute approximate surface area is 174 Å². The van der Waals surface area contributed by atoms with E-state index in [1.165, 1.54) is 5.56 Å². The highest BCUT2D eigenvalue weighted by Gasteiger charge is 2.24. The van der Waals surface area contributed by atoms with Crippen molar-refractivity contribution in [1.82, 2.24) is 9.29 Å². The van der Waals surface area contributed by atoms with Crippen LogP contribution in [0.25, 0.3) is 11.1 Å². The predicted octanol–water partition coefficient (Wildman–Crippen LogP) is 3.18. The molecule has 0 aliphatic carbocycles. The van der Waals surface area contributed by atoms with E-state index < -0.39 is 11.0 Å². The number of ether oxygens (including phenoxy) is 1. The van der Waals surface area contributed by atoms with Crippen molar-refractivity contribution in [2.75, 3.05) is 30.8 Å². The summed E-state index contributed by atoms with van der Waals surface area (Å²) in [6.45, 7) is 3.55. The van der Waals surface area contributed by atoms with Crippen LogP contribution in [0.15, 0.2) is 36.7 Å². The lowest BCUT2D eigenvalue weighted by Crippen LogP contribution is -2.39. The van der Waals surface area contributed by atoms with Gasteiger partial charge in [0.2, 0.25) is 5.91 Å². The molecule has 0 saturated carbocycles. The van der Waals surface area contributed by atoms with Crippen LogP contribution in [0.1, 0.15) is 31.7 Å². The van der Waals surface area contributed by atoms with E-state index in [1.807, 2.05) is 42.7 Å². The summed E-state index contributed by atoms with van der Waals surface area (Å²) in [5, 5.41) is 0. The molecule has 1 saturated heterocycles. The van der Waals surface area contributed by atoms with E-state index in [9.17, 15) is 9.00 Å². The third kappa shape index (κ3) is 4.36. The SMILES string of the molecule is CCS(=O)N1CCC(Oc2cncc(-c3ccc4c(c3)CCC(=O)N4C)c2)CC1. The van der Waals surface area contributed by atoms with E-state index in [0.717, 1.165) is 54.9 Å². The van der Waals surface area contributed by atoms with E-state index in [2.05, 4.69) is 11.1 Å². The number of piperidine rings is 1. The van der Waals surface area contributed by atoms with Crippen LogP contribution in [0.2, 0.25) is 0 Å². The Hall–Kier alpha value is -2.25. The first-order valence-electron chi connectivity index (χ1n) is 10.2. The lowest BCUT2D eigenvalue weighted by Gasteiger charge is -2.30. The van der Waals surface area contributed by atoms with Gasteiger partial charge < -0.3 is 9.64 Å². The van der Waals surface area contributed by atoms with Gasteiger partial charge >= 0.3 is 0 Å². The van der Waals surface area contributed by atoms with E-state index in [0.29, 0.717) is 12.2 Å². The molecule has 1 unspecified atom stereocenters. The summed E-state index contributed by atoms with van der Waals surface area (Å²) in [5.74, 6) is 1.60. The van der Waals surface area contributed by atoms with Crippen LogP contribution in [0, 0.1) is 0 Å². The maximum Gasteiger partial charge on any atom is 0.227 e. The lowest BCUT2D eigenvalue weighted by molar-refractivity contribution is -0.118. The average Bonchev–Trinajstić information content (AvgIpc) is 2.76. The quantitative estimate of drug-likeness (QED) is 0.755. The van der Waals surface area contributed by atoms with E-state index in [-0.39, 0.29) is 12.0 Å². The molecule has 3 heterocycles. The number of aryl methyl sites for hydroxylation is 1. The first-order chi connectivity index (χ1) is 14.0. The Bertz CT molecular complexity index is 925. The van der Waals surface area contributed by atoms with Crippen molar-refractivity contribution < 1.29 is 13.7 Å². The van der Waals surface area contributed by atoms with Gasteiger partial charge in [0.05, 0.1) is 17.2 Å². The zero-order chi connectivity index (χ0) is 20.4. The number of carbonyl (C=O) groups excluding carboxylic acids is 1. The van der Waals surface area contributed by atoms with Crippen molar-refractivity contribution in [1.29, 1.82) is 0 Å². The van der Waals surface area contributed by atoms with E-state index in [1.54, 1.807) is 11.1 Å². The number of benzene rings is 1. The second-order valence-electron chi connectivity index (χ2n) is 7.56. The van der Waals surface area contributed by atoms with Crippen molar-refractivity contribution in [3.63, 3.8) is 0 Å². The molecule has 2 aliphatic heterocycles. The Kier molecular flexibility index (Phi) is 5.96. The highest BCUT2D eigenvalue weighted by Crippen LogP contribution is 2.32. The molecule has 2 aromatic rings. The number of anilines is 1. The number of hydrogen-bond donors (Lipinski definition) is 0. The average molecular weight is 414 g/mol. The van der Waals surface area contributed by atoms with Crippen molar-refractivity contribution >= 4 is 22.6 Å². The van der Waals surface area contributed by atoms with Gasteiger partial charge in [0.25, 0.3) is 0 Å². The maximum atomic E-state index is 11.9. The zero-order valence-corrected chi connectivity index (χ0v) is 17.8. The monoisotopic (exact) mass is 413 g/mol. The Morgan fingerprint density at radius 2 is 1.93 bits per heavy atom. The number of fused-ring (bicyclic) bond motifs is 1. The molecule has 0 radical (unpaired) electrons. The van der Waals surface area contributed by atoms with Crippen LogP contribution in [0.3, 0.4) is 0 Å². The fraction of sp³-hybridized carbons (Fsp3) is 0.455. The normalized spacial score (nSPS) is 19.1. The number of rotatable bonds is 5. The Balaban J connectivity index is 1.46. The molecular formula is C22H27N3O3S. The van der Waals surface area contributed by atoms with Gasteiger partial charge in [-0.15, -0.1) is 0 Å². The topological polar surface area (TPSA) is 62.7 Å². The minimum atomic E-state index is -0.869. The minimum Gasteiger partial charge on any atom is -0.489 e. The predicted molar refractivity (Wildman–Crippen MR) is 115 cm³/mol. The molecule has 2 aliphatic rings. The smallest absolute Gasteiger partial charge is 0.227 e. The highest BCUT2D eigenvalue weighted by atomic mass is 32.2. The number of carbonyl (C=O) groups is 1. The van der Waals surface area contributed by atoms with Gasteiger partial charge in [-0.2, -0.15) is 0 Å². The second kappa shape index (κ2) is 8.63. The molecule has 1 fully saturated rings. The Morgan fingerprint density at radius 1 is 1.14 bits per heavy atom. The molecule has 1 aromatic carbocycles. The first kappa shape index (κ1) is 20.0. The molecule has 6 nitrogen and oxygen atoms in total. The van der Waals surface area contributed by atoms with Crippen LogP contribution in [-0.4, -0.2) is 51.4 Å². The number of nitrogens with zero attached hydrogens (tertiary/aromatic N) is 3. The molecule has 0 N–H and O–H groups in total. The number of amides is 1. The summed E-state index contributed by atoms with van der Waals surface area (Å²) in [5.41, 5.74) is 4.26. The van der Waals surface area contributed by atoms with Gasteiger partial charge in [0, 0.05) is 49.8 Å². The standard InChI is InChI=1S/C22H27N3O3S/c1-3-29(27)25-10-8-19(9-11-25)28-20-13-18(14-23-15-20)16-4-6-21-17(12-16)5-7-22(26)24(21)2/h4,6,12-15,19H,3,5,7-11H2,1-2H3. The van der Waals surface area contributed by atoms with Crippen LogP contribution in [0.5, 0.6) is 5.75 Å². The largest absolute Gasteiger partial charge is 0.489 e. The maximum absolute atomic E-state index is 11.9. The van der Waals surface area contributed by atoms with E-state index >= 15 is 0 Å². The molecule has 7 heteroatoms. The van der Waals surface area contributed by atoms with Gasteiger partial charge in [-0.05, 0) is 48.6 Å². The van der Waals surface area contributed by atoms with Gasteiger partial charge in [0.15, 0.2) is 0 Å². The Morgan fingerprint density at radius 3 is 2.69 bits per heavy atom. The molecular weight excluding hydrogens is 386 g/mol. The van der Waals surface area contributed by atoms with Crippen molar-refractivity contribution in [2.24, 2.45) is 0 Å². The number of hydrogen-bond acceptors (Lipinski definition) is 4. The minimum absolute atomic E-state index is 0.125. The summed E-state index contributed by atoms with van der Waals surface area (Å²) in [6, 6.07) is 8.23.